The van der Waals surface area contributed by atoms with E-state index in [-0.39, 0.29) is 17.5 Å². The molecule has 168 valence electrons. The van der Waals surface area contributed by atoms with Crippen LogP contribution in [0, 0.1) is 7.14 Å². The molecular weight excluding hydrogens is 626 g/mol. The molecule has 0 radical (unpaired) electrons. The number of likely N-dealkylation sites (tertiary alicyclic amines) is 1. The molecule has 1 aliphatic rings. The van der Waals surface area contributed by atoms with Crippen LogP contribution >= 0.6 is 45.2 Å². The fourth-order valence-electron chi connectivity index (χ4n) is 3.02. The van der Waals surface area contributed by atoms with Gasteiger partial charge in [-0.15, -0.1) is 0 Å². The minimum absolute atomic E-state index is 0.00995. The molecule has 0 bridgehead atoms. The van der Waals surface area contributed by atoms with Crippen molar-refractivity contribution >= 4 is 57.1 Å². The number of carbonyl (C=O) groups is 2. The van der Waals surface area contributed by atoms with Gasteiger partial charge in [0.2, 0.25) is 0 Å². The van der Waals surface area contributed by atoms with E-state index in [1.54, 1.807) is 25.3 Å². The Morgan fingerprint density at radius 2 is 1.45 bits per heavy atom. The second-order valence-electron chi connectivity index (χ2n) is 7.05. The third kappa shape index (κ3) is 7.79. The number of methoxy groups -OCH3 is 2. The Bertz CT molecular complexity index is 915. The van der Waals surface area contributed by atoms with Gasteiger partial charge in [-0.25, -0.2) is 4.79 Å². The van der Waals surface area contributed by atoms with E-state index >= 15 is 0 Å². The van der Waals surface area contributed by atoms with Gasteiger partial charge in [-0.1, -0.05) is 0 Å². The van der Waals surface area contributed by atoms with Gasteiger partial charge in [0.05, 0.1) is 26.9 Å². The van der Waals surface area contributed by atoms with Crippen molar-refractivity contribution in [3.63, 3.8) is 0 Å². The highest BCUT2D eigenvalue weighted by Crippen LogP contribution is 2.22. The summed E-state index contributed by atoms with van der Waals surface area (Å²) >= 11 is 4.28. The lowest BCUT2D eigenvalue weighted by Gasteiger charge is -2.29. The highest BCUT2D eigenvalue weighted by molar-refractivity contribution is 14.1. The van der Waals surface area contributed by atoms with Crippen molar-refractivity contribution in [1.29, 1.82) is 0 Å². The fraction of sp³-hybridized carbons (Fsp3) is 0.364. The van der Waals surface area contributed by atoms with Gasteiger partial charge in [-0.3, -0.25) is 4.79 Å². The number of benzene rings is 2. The SMILES string of the molecule is COc1cc(C(=O)NC2CCN(C)CC2)ccc1I.COc1cc(C(=O)O)ccc1I. The van der Waals surface area contributed by atoms with Crippen molar-refractivity contribution in [3.05, 3.63) is 54.7 Å². The summed E-state index contributed by atoms with van der Waals surface area (Å²) in [6.45, 7) is 2.09. The van der Waals surface area contributed by atoms with E-state index in [9.17, 15) is 9.59 Å². The molecular formula is C22H26I2N2O5. The second-order valence-corrected chi connectivity index (χ2v) is 9.38. The zero-order valence-corrected chi connectivity index (χ0v) is 22.0. The summed E-state index contributed by atoms with van der Waals surface area (Å²) in [6.07, 6.45) is 2.04. The molecule has 1 amide bonds. The predicted molar refractivity (Wildman–Crippen MR) is 136 cm³/mol. The highest BCUT2D eigenvalue weighted by Gasteiger charge is 2.19. The van der Waals surface area contributed by atoms with Gasteiger partial charge < -0.3 is 24.8 Å². The molecule has 0 atom stereocenters. The van der Waals surface area contributed by atoms with Crippen LogP contribution < -0.4 is 14.8 Å². The maximum absolute atomic E-state index is 12.2. The van der Waals surface area contributed by atoms with Crippen LogP contribution in [-0.2, 0) is 0 Å². The van der Waals surface area contributed by atoms with E-state index in [0.29, 0.717) is 11.3 Å². The molecule has 2 N–H and O–H groups in total. The fourth-order valence-corrected chi connectivity index (χ4v) is 4.13. The summed E-state index contributed by atoms with van der Waals surface area (Å²) in [4.78, 5) is 25.0. The molecule has 0 unspecified atom stereocenters. The lowest BCUT2D eigenvalue weighted by atomic mass is 10.0. The Morgan fingerprint density at radius 3 is 1.94 bits per heavy atom. The maximum atomic E-state index is 12.2. The first-order chi connectivity index (χ1) is 14.7. The third-order valence-corrected chi connectivity index (χ3v) is 6.65. The average Bonchev–Trinajstić information content (AvgIpc) is 2.76. The number of amides is 1. The minimum Gasteiger partial charge on any atom is -0.496 e. The molecule has 1 saturated heterocycles. The van der Waals surface area contributed by atoms with Gasteiger partial charge in [0.25, 0.3) is 5.91 Å². The number of rotatable bonds is 5. The van der Waals surface area contributed by atoms with Gasteiger partial charge in [0.1, 0.15) is 11.5 Å². The number of hydrogen-bond acceptors (Lipinski definition) is 5. The molecule has 9 heteroatoms. The molecule has 1 fully saturated rings. The number of halogens is 2. The van der Waals surface area contributed by atoms with Gasteiger partial charge >= 0.3 is 5.97 Å². The van der Waals surface area contributed by atoms with Gasteiger partial charge in [-0.2, -0.15) is 0 Å². The molecule has 0 aliphatic carbocycles. The second kappa shape index (κ2) is 12.4. The van der Waals surface area contributed by atoms with Gasteiger partial charge in [0.15, 0.2) is 0 Å². The Balaban J connectivity index is 0.000000245. The number of carbonyl (C=O) groups excluding carboxylic acids is 1. The third-order valence-electron chi connectivity index (χ3n) is 4.87. The van der Waals surface area contributed by atoms with E-state index in [0.717, 1.165) is 38.8 Å². The van der Waals surface area contributed by atoms with E-state index < -0.39 is 5.97 Å². The maximum Gasteiger partial charge on any atom is 0.335 e. The highest BCUT2D eigenvalue weighted by atomic mass is 127. The number of hydrogen-bond donors (Lipinski definition) is 2. The number of nitrogens with zero attached hydrogens (tertiary/aromatic N) is 1. The first-order valence-electron chi connectivity index (χ1n) is 9.65. The summed E-state index contributed by atoms with van der Waals surface area (Å²) in [5, 5.41) is 11.7. The monoisotopic (exact) mass is 652 g/mol. The zero-order chi connectivity index (χ0) is 23.0. The van der Waals surface area contributed by atoms with E-state index in [4.69, 9.17) is 14.6 Å². The quantitative estimate of drug-likeness (QED) is 0.473. The van der Waals surface area contributed by atoms with E-state index in [1.807, 2.05) is 12.1 Å². The first kappa shape index (κ1) is 25.7. The molecule has 7 nitrogen and oxygen atoms in total. The Kier molecular flexibility index (Phi) is 10.3. The Labute approximate surface area is 209 Å². The predicted octanol–water partition coefficient (Wildman–Crippen LogP) is 4.12. The summed E-state index contributed by atoms with van der Waals surface area (Å²) in [5.74, 6) is 0.390. The number of piperidine rings is 1. The van der Waals surface area contributed by atoms with Gasteiger partial charge in [-0.05, 0) is 115 Å². The molecule has 2 aromatic carbocycles. The molecule has 1 aliphatic heterocycles. The number of ether oxygens (including phenoxy) is 2. The van der Waals surface area contributed by atoms with Crippen LogP contribution in [0.5, 0.6) is 11.5 Å². The van der Waals surface area contributed by atoms with E-state index in [2.05, 4.69) is 62.4 Å². The molecule has 0 aromatic heterocycles. The molecule has 0 saturated carbocycles. The van der Waals surface area contributed by atoms with Crippen molar-refractivity contribution < 1.29 is 24.2 Å². The number of carboxylic acids is 1. The van der Waals surface area contributed by atoms with Crippen molar-refractivity contribution in [2.45, 2.75) is 18.9 Å². The van der Waals surface area contributed by atoms with Crippen molar-refractivity contribution in [2.24, 2.45) is 0 Å². The van der Waals surface area contributed by atoms with Crippen LogP contribution in [0.1, 0.15) is 33.6 Å². The van der Waals surface area contributed by atoms with Crippen molar-refractivity contribution in [2.75, 3.05) is 34.4 Å². The summed E-state index contributed by atoms with van der Waals surface area (Å²) in [6, 6.07) is 10.6. The first-order valence-corrected chi connectivity index (χ1v) is 11.8. The number of carboxylic acid groups (broad SMARTS) is 1. The van der Waals surface area contributed by atoms with Crippen LogP contribution in [0.2, 0.25) is 0 Å². The van der Waals surface area contributed by atoms with Crippen LogP contribution in [0.4, 0.5) is 0 Å². The van der Waals surface area contributed by atoms with Crippen LogP contribution in [0.3, 0.4) is 0 Å². The zero-order valence-electron chi connectivity index (χ0n) is 17.7. The lowest BCUT2D eigenvalue weighted by Crippen LogP contribution is -2.43. The number of nitrogens with one attached hydrogen (secondary N) is 1. The minimum atomic E-state index is -0.940. The van der Waals surface area contributed by atoms with Crippen LogP contribution in [0.25, 0.3) is 0 Å². The molecule has 1 heterocycles. The van der Waals surface area contributed by atoms with Crippen LogP contribution in [0.15, 0.2) is 36.4 Å². The lowest BCUT2D eigenvalue weighted by molar-refractivity contribution is 0.0696. The normalized spacial score (nSPS) is 14.2. The topological polar surface area (TPSA) is 88.1 Å². The van der Waals surface area contributed by atoms with Gasteiger partial charge in [0, 0.05) is 11.6 Å². The molecule has 3 rings (SSSR count). The summed E-state index contributed by atoms with van der Waals surface area (Å²) < 4.78 is 12.1. The van der Waals surface area contributed by atoms with Crippen molar-refractivity contribution in [3.8, 4) is 11.5 Å². The molecule has 0 spiro atoms. The Hall–Kier alpha value is -1.60. The molecule has 2 aromatic rings. The largest absolute Gasteiger partial charge is 0.496 e. The van der Waals surface area contributed by atoms with Crippen LogP contribution in [-0.4, -0.2) is 62.3 Å². The average molecular weight is 652 g/mol. The van der Waals surface area contributed by atoms with E-state index in [1.165, 1.54) is 13.2 Å². The summed E-state index contributed by atoms with van der Waals surface area (Å²) in [7, 11) is 5.25. The standard InChI is InChI=1S/C14H19IN2O2.C8H7IO3/c1-17-7-5-11(6-8-17)16-14(18)10-3-4-12(15)13(9-10)19-2;1-12-7-4-5(8(10)11)2-3-6(7)9/h3-4,9,11H,5-8H2,1-2H3,(H,16,18);2-4H,1H3,(H,10,11). The number of aromatic carboxylic acids is 1. The van der Waals surface area contributed by atoms with Crippen molar-refractivity contribution in [1.82, 2.24) is 10.2 Å². The molecule has 31 heavy (non-hydrogen) atoms. The Morgan fingerprint density at radius 1 is 0.968 bits per heavy atom. The summed E-state index contributed by atoms with van der Waals surface area (Å²) in [5.41, 5.74) is 0.906. The smallest absolute Gasteiger partial charge is 0.335 e.